The molecule has 7 nitrogen and oxygen atoms in total. The monoisotopic (exact) mass is 261 g/mol. The predicted molar refractivity (Wildman–Crippen MR) is 69.2 cm³/mol. The van der Waals surface area contributed by atoms with Gasteiger partial charge in [0.2, 0.25) is 0 Å². The van der Waals surface area contributed by atoms with Crippen molar-refractivity contribution in [2.24, 2.45) is 5.73 Å². The molecule has 0 bridgehead atoms. The molecule has 1 saturated carbocycles. The minimum atomic E-state index is 0.412. The minimum Gasteiger partial charge on any atom is -0.325 e. The highest BCUT2D eigenvalue weighted by molar-refractivity contribution is 4.95. The van der Waals surface area contributed by atoms with Crippen LogP contribution >= 0.6 is 0 Å². The smallest absolute Gasteiger partial charge is 0.154 e. The Morgan fingerprint density at radius 1 is 1.21 bits per heavy atom. The Bertz CT molecular complexity index is 524. The number of nitrogens with zero attached hydrogens (tertiary/aromatic N) is 6. The van der Waals surface area contributed by atoms with Gasteiger partial charge < -0.3 is 10.3 Å². The third-order valence-corrected chi connectivity index (χ3v) is 3.71. The van der Waals surface area contributed by atoms with Gasteiger partial charge in [0, 0.05) is 12.6 Å². The average molecular weight is 261 g/mol. The highest BCUT2D eigenvalue weighted by Gasteiger charge is 2.18. The lowest BCUT2D eigenvalue weighted by molar-refractivity contribution is 0.342. The van der Waals surface area contributed by atoms with E-state index >= 15 is 0 Å². The van der Waals surface area contributed by atoms with Crippen molar-refractivity contribution in [3.05, 3.63) is 24.0 Å². The average Bonchev–Trinajstić information content (AvgIpc) is 3.09. The summed E-state index contributed by atoms with van der Waals surface area (Å²) in [5.74, 6) is 0.945. The van der Waals surface area contributed by atoms with Crippen molar-refractivity contribution >= 4 is 0 Å². The van der Waals surface area contributed by atoms with Gasteiger partial charge in [-0.25, -0.2) is 4.68 Å². The quantitative estimate of drug-likeness (QED) is 0.882. The van der Waals surface area contributed by atoms with Crippen LogP contribution in [0.25, 0.3) is 0 Å². The molecule has 0 spiro atoms. The number of hydrogen-bond donors (Lipinski definition) is 1. The van der Waals surface area contributed by atoms with Crippen molar-refractivity contribution in [3.8, 4) is 0 Å². The lowest BCUT2D eigenvalue weighted by atomic mass is 9.95. The van der Waals surface area contributed by atoms with Crippen molar-refractivity contribution in [1.82, 2.24) is 29.8 Å². The van der Waals surface area contributed by atoms with E-state index in [1.807, 2.05) is 12.5 Å². The summed E-state index contributed by atoms with van der Waals surface area (Å²) in [4.78, 5) is 0. The zero-order chi connectivity index (χ0) is 13.1. The first kappa shape index (κ1) is 12.3. The standard InChI is InChI=1S/C12H19N7/c13-6-10-7-18(17-15-10)8-12-16-14-9-19(12)11-4-2-1-3-5-11/h7,9,11H,1-6,8,13H2. The van der Waals surface area contributed by atoms with Gasteiger partial charge in [0.25, 0.3) is 0 Å². The van der Waals surface area contributed by atoms with Crippen LogP contribution in [0.2, 0.25) is 0 Å². The summed E-state index contributed by atoms with van der Waals surface area (Å²) in [7, 11) is 0. The molecule has 2 heterocycles. The van der Waals surface area contributed by atoms with E-state index in [0.717, 1.165) is 11.5 Å². The number of hydrogen-bond acceptors (Lipinski definition) is 5. The first-order valence-corrected chi connectivity index (χ1v) is 6.84. The molecule has 2 aromatic rings. The predicted octanol–water partition coefficient (Wildman–Crippen LogP) is 0.882. The molecule has 102 valence electrons. The number of aromatic nitrogens is 6. The first-order chi connectivity index (χ1) is 9.36. The summed E-state index contributed by atoms with van der Waals surface area (Å²) in [6.45, 7) is 1.01. The maximum Gasteiger partial charge on any atom is 0.154 e. The Labute approximate surface area is 111 Å². The van der Waals surface area contributed by atoms with Crippen LogP contribution in [0.15, 0.2) is 12.5 Å². The highest BCUT2D eigenvalue weighted by Crippen LogP contribution is 2.28. The molecule has 1 aliphatic rings. The van der Waals surface area contributed by atoms with Crippen LogP contribution in [0.5, 0.6) is 0 Å². The van der Waals surface area contributed by atoms with Gasteiger partial charge in [-0.2, -0.15) is 0 Å². The topological polar surface area (TPSA) is 87.4 Å². The Morgan fingerprint density at radius 2 is 2.05 bits per heavy atom. The van der Waals surface area contributed by atoms with E-state index in [1.54, 1.807) is 4.68 Å². The molecule has 1 fully saturated rings. The lowest BCUT2D eigenvalue weighted by Gasteiger charge is -2.23. The summed E-state index contributed by atoms with van der Waals surface area (Å²) in [6, 6.07) is 0.538. The molecular formula is C12H19N7. The molecule has 1 aliphatic carbocycles. The van der Waals surface area contributed by atoms with Crippen LogP contribution in [0.3, 0.4) is 0 Å². The molecule has 0 saturated heterocycles. The maximum absolute atomic E-state index is 5.53. The Morgan fingerprint density at radius 3 is 2.79 bits per heavy atom. The third kappa shape index (κ3) is 2.65. The second-order valence-corrected chi connectivity index (χ2v) is 5.06. The third-order valence-electron chi connectivity index (χ3n) is 3.71. The molecule has 0 atom stereocenters. The SMILES string of the molecule is NCc1cn(Cc2nncn2C2CCCCC2)nn1. The van der Waals surface area contributed by atoms with E-state index in [4.69, 9.17) is 5.73 Å². The van der Waals surface area contributed by atoms with Crippen LogP contribution in [0, 0.1) is 0 Å². The second-order valence-electron chi connectivity index (χ2n) is 5.06. The maximum atomic E-state index is 5.53. The summed E-state index contributed by atoms with van der Waals surface area (Å²) in [5, 5.41) is 16.3. The van der Waals surface area contributed by atoms with Gasteiger partial charge in [-0.05, 0) is 12.8 Å². The summed E-state index contributed by atoms with van der Waals surface area (Å²) < 4.78 is 3.97. The van der Waals surface area contributed by atoms with E-state index in [9.17, 15) is 0 Å². The molecule has 7 heteroatoms. The second kappa shape index (κ2) is 5.48. The number of rotatable bonds is 4. The van der Waals surface area contributed by atoms with Gasteiger partial charge in [-0.1, -0.05) is 24.5 Å². The van der Waals surface area contributed by atoms with Gasteiger partial charge in [-0.3, -0.25) is 0 Å². The molecular weight excluding hydrogens is 242 g/mol. The highest BCUT2D eigenvalue weighted by atomic mass is 15.4. The van der Waals surface area contributed by atoms with Crippen LogP contribution in [0.1, 0.15) is 49.7 Å². The van der Waals surface area contributed by atoms with E-state index in [1.165, 1.54) is 32.1 Å². The zero-order valence-corrected chi connectivity index (χ0v) is 10.9. The fourth-order valence-electron chi connectivity index (χ4n) is 2.70. The zero-order valence-electron chi connectivity index (χ0n) is 10.9. The first-order valence-electron chi connectivity index (χ1n) is 6.84. The normalized spacial score (nSPS) is 16.9. The van der Waals surface area contributed by atoms with Crippen molar-refractivity contribution in [2.45, 2.75) is 51.2 Å². The fraction of sp³-hybridized carbons (Fsp3) is 0.667. The Balaban J connectivity index is 1.75. The molecule has 0 aliphatic heterocycles. The van der Waals surface area contributed by atoms with Crippen LogP contribution in [0.4, 0.5) is 0 Å². The van der Waals surface area contributed by atoms with Gasteiger partial charge in [0.1, 0.15) is 12.9 Å². The molecule has 0 aromatic carbocycles. The summed E-state index contributed by atoms with van der Waals surface area (Å²) in [5.41, 5.74) is 6.33. The van der Waals surface area contributed by atoms with Crippen molar-refractivity contribution in [1.29, 1.82) is 0 Å². The Hall–Kier alpha value is -1.76. The lowest BCUT2D eigenvalue weighted by Crippen LogP contribution is -2.16. The molecule has 2 N–H and O–H groups in total. The molecule has 2 aromatic heterocycles. The summed E-state index contributed by atoms with van der Waals surface area (Å²) in [6.07, 6.45) is 10.1. The van der Waals surface area contributed by atoms with Gasteiger partial charge in [0.05, 0.1) is 11.9 Å². The molecule has 0 radical (unpaired) electrons. The van der Waals surface area contributed by atoms with Crippen LogP contribution in [-0.4, -0.2) is 29.8 Å². The van der Waals surface area contributed by atoms with Crippen molar-refractivity contribution in [2.75, 3.05) is 0 Å². The van der Waals surface area contributed by atoms with Gasteiger partial charge in [0.15, 0.2) is 5.82 Å². The van der Waals surface area contributed by atoms with E-state index in [-0.39, 0.29) is 0 Å². The molecule has 0 amide bonds. The van der Waals surface area contributed by atoms with Crippen LogP contribution < -0.4 is 5.73 Å². The molecule has 0 unspecified atom stereocenters. The summed E-state index contributed by atoms with van der Waals surface area (Å²) >= 11 is 0. The van der Waals surface area contributed by atoms with Gasteiger partial charge in [-0.15, -0.1) is 15.3 Å². The van der Waals surface area contributed by atoms with Crippen LogP contribution in [-0.2, 0) is 13.1 Å². The Kier molecular flexibility index (Phi) is 3.54. The minimum absolute atomic E-state index is 0.412. The fourth-order valence-corrected chi connectivity index (χ4v) is 2.70. The van der Waals surface area contributed by atoms with E-state index in [0.29, 0.717) is 19.1 Å². The van der Waals surface area contributed by atoms with Crippen molar-refractivity contribution < 1.29 is 0 Å². The number of nitrogens with two attached hydrogens (primary N) is 1. The molecule has 3 rings (SSSR count). The van der Waals surface area contributed by atoms with Crippen molar-refractivity contribution in [3.63, 3.8) is 0 Å². The van der Waals surface area contributed by atoms with E-state index < -0.39 is 0 Å². The van der Waals surface area contributed by atoms with Gasteiger partial charge >= 0.3 is 0 Å². The molecule has 19 heavy (non-hydrogen) atoms. The largest absolute Gasteiger partial charge is 0.325 e. The van der Waals surface area contributed by atoms with E-state index in [2.05, 4.69) is 25.1 Å².